The lowest BCUT2D eigenvalue weighted by atomic mass is 9.95. The van der Waals surface area contributed by atoms with Crippen LogP contribution in [0.2, 0.25) is 0 Å². The lowest BCUT2D eigenvalue weighted by molar-refractivity contribution is -0.119. The van der Waals surface area contributed by atoms with Crippen molar-refractivity contribution in [1.82, 2.24) is 9.80 Å². The van der Waals surface area contributed by atoms with Crippen molar-refractivity contribution >= 4 is 17.5 Å². The fourth-order valence-electron chi connectivity index (χ4n) is 4.78. The third-order valence-electron chi connectivity index (χ3n) is 6.61. The molecule has 0 unspecified atom stereocenters. The van der Waals surface area contributed by atoms with Crippen LogP contribution in [0.5, 0.6) is 5.75 Å². The summed E-state index contributed by atoms with van der Waals surface area (Å²) in [5, 5.41) is 0. The predicted octanol–water partition coefficient (Wildman–Crippen LogP) is 3.99. The third kappa shape index (κ3) is 5.74. The Kier molecular flexibility index (Phi) is 7.65. The Balaban J connectivity index is 1.29. The summed E-state index contributed by atoms with van der Waals surface area (Å²) in [6, 6.07) is 15.8. The summed E-state index contributed by atoms with van der Waals surface area (Å²) in [7, 11) is 4.15. The highest BCUT2D eigenvalue weighted by Gasteiger charge is 2.33. The number of fused-ring (bicyclic) bond motifs is 1. The van der Waals surface area contributed by atoms with E-state index in [-0.39, 0.29) is 17.9 Å². The lowest BCUT2D eigenvalue weighted by Crippen LogP contribution is -2.50. The topological polar surface area (TPSA) is 53.1 Å². The molecule has 0 N–H and O–H groups in total. The van der Waals surface area contributed by atoms with E-state index >= 15 is 0 Å². The number of likely N-dealkylation sites (tertiary alicyclic amines) is 1. The molecule has 0 radical (unpaired) electrons. The standard InChI is InChI=1S/C27H35N3O3/c1-28(2)17-5-6-20-33-24-12-9-22(10-13-24)27(32)29-18-15-23(16-19-29)30-25-8-4-3-7-21(25)11-14-26(30)31/h3-4,7-10,12-13,23H,5-6,11,14-20H2,1-2H3. The van der Waals surface area contributed by atoms with E-state index in [0.29, 0.717) is 31.7 Å². The minimum atomic E-state index is 0.0522. The first kappa shape index (κ1) is 23.3. The number of carbonyl (C=O) groups is 2. The quantitative estimate of drug-likeness (QED) is 0.572. The number of ether oxygens (including phenoxy) is 1. The van der Waals surface area contributed by atoms with Crippen molar-refractivity contribution in [3.05, 3.63) is 59.7 Å². The second kappa shape index (κ2) is 10.8. The zero-order chi connectivity index (χ0) is 23.2. The second-order valence-electron chi connectivity index (χ2n) is 9.30. The van der Waals surface area contributed by atoms with Gasteiger partial charge in [-0.25, -0.2) is 0 Å². The van der Waals surface area contributed by atoms with Gasteiger partial charge in [0.15, 0.2) is 0 Å². The summed E-state index contributed by atoms with van der Waals surface area (Å²) in [6.07, 6.45) is 5.12. The van der Waals surface area contributed by atoms with Crippen molar-refractivity contribution in [2.45, 2.75) is 44.6 Å². The van der Waals surface area contributed by atoms with Crippen molar-refractivity contribution in [1.29, 1.82) is 0 Å². The van der Waals surface area contributed by atoms with Crippen LogP contribution in [-0.2, 0) is 11.2 Å². The van der Waals surface area contributed by atoms with E-state index in [1.807, 2.05) is 46.2 Å². The molecule has 2 aromatic rings. The molecule has 33 heavy (non-hydrogen) atoms. The van der Waals surface area contributed by atoms with Crippen molar-refractivity contribution in [2.75, 3.05) is 45.2 Å². The van der Waals surface area contributed by atoms with E-state index in [2.05, 4.69) is 31.1 Å². The van der Waals surface area contributed by atoms with Crippen molar-refractivity contribution in [3.63, 3.8) is 0 Å². The van der Waals surface area contributed by atoms with E-state index in [0.717, 1.165) is 50.1 Å². The van der Waals surface area contributed by atoms with E-state index in [1.165, 1.54) is 5.56 Å². The summed E-state index contributed by atoms with van der Waals surface area (Å²) in [6.45, 7) is 3.08. The molecule has 0 saturated carbocycles. The number of benzene rings is 2. The molecule has 6 nitrogen and oxygen atoms in total. The Hall–Kier alpha value is -2.86. The number of carbonyl (C=O) groups excluding carboxylic acids is 2. The van der Waals surface area contributed by atoms with Crippen LogP contribution in [0.1, 0.15) is 48.0 Å². The maximum Gasteiger partial charge on any atom is 0.253 e. The molecule has 2 amide bonds. The highest BCUT2D eigenvalue weighted by atomic mass is 16.5. The van der Waals surface area contributed by atoms with Crippen LogP contribution in [0.4, 0.5) is 5.69 Å². The molecule has 0 bridgehead atoms. The number of hydrogen-bond donors (Lipinski definition) is 0. The SMILES string of the molecule is CN(C)CCCCOc1ccc(C(=O)N2CCC(N3C(=O)CCc4ccccc43)CC2)cc1. The van der Waals surface area contributed by atoms with Crippen LogP contribution in [0.25, 0.3) is 0 Å². The fourth-order valence-corrected chi connectivity index (χ4v) is 4.78. The summed E-state index contributed by atoms with van der Waals surface area (Å²) < 4.78 is 5.81. The maximum absolute atomic E-state index is 13.0. The Morgan fingerprint density at radius 2 is 1.73 bits per heavy atom. The number of anilines is 1. The van der Waals surface area contributed by atoms with Crippen LogP contribution < -0.4 is 9.64 Å². The molecule has 1 saturated heterocycles. The van der Waals surface area contributed by atoms with Gasteiger partial charge in [-0.3, -0.25) is 9.59 Å². The van der Waals surface area contributed by atoms with Gasteiger partial charge in [0.05, 0.1) is 6.61 Å². The minimum absolute atomic E-state index is 0.0522. The third-order valence-corrected chi connectivity index (χ3v) is 6.61. The van der Waals surface area contributed by atoms with Gasteiger partial charge in [0.1, 0.15) is 5.75 Å². The van der Waals surface area contributed by atoms with E-state index in [4.69, 9.17) is 4.74 Å². The molecule has 6 heteroatoms. The monoisotopic (exact) mass is 449 g/mol. The largest absolute Gasteiger partial charge is 0.494 e. The molecule has 2 heterocycles. The summed E-state index contributed by atoms with van der Waals surface area (Å²) in [4.78, 5) is 31.8. The zero-order valence-corrected chi connectivity index (χ0v) is 19.8. The Labute approximate surface area is 197 Å². The first-order chi connectivity index (χ1) is 16.0. The first-order valence-corrected chi connectivity index (χ1v) is 12.1. The van der Waals surface area contributed by atoms with Crippen LogP contribution >= 0.6 is 0 Å². The number of hydrogen-bond acceptors (Lipinski definition) is 4. The molecule has 0 spiro atoms. The number of rotatable bonds is 8. The van der Waals surface area contributed by atoms with Gasteiger partial charge >= 0.3 is 0 Å². The molecule has 1 fully saturated rings. The van der Waals surface area contributed by atoms with Crippen LogP contribution in [0.3, 0.4) is 0 Å². The number of para-hydroxylation sites is 1. The lowest BCUT2D eigenvalue weighted by Gasteiger charge is -2.41. The van der Waals surface area contributed by atoms with Crippen LogP contribution in [-0.4, -0.2) is 68.0 Å². The molecule has 2 aliphatic rings. The molecule has 0 atom stereocenters. The summed E-state index contributed by atoms with van der Waals surface area (Å²) in [5.74, 6) is 1.06. The van der Waals surface area contributed by atoms with Crippen molar-refractivity contribution in [2.24, 2.45) is 0 Å². The van der Waals surface area contributed by atoms with Gasteiger partial charge < -0.3 is 19.4 Å². The minimum Gasteiger partial charge on any atom is -0.494 e. The van der Waals surface area contributed by atoms with Gasteiger partial charge in [0.25, 0.3) is 5.91 Å². The van der Waals surface area contributed by atoms with Gasteiger partial charge in [0, 0.05) is 36.8 Å². The number of unbranched alkanes of at least 4 members (excludes halogenated alkanes) is 1. The number of aryl methyl sites for hydroxylation is 1. The van der Waals surface area contributed by atoms with Crippen LogP contribution in [0, 0.1) is 0 Å². The van der Waals surface area contributed by atoms with Gasteiger partial charge in [-0.05, 0) is 88.6 Å². The van der Waals surface area contributed by atoms with Gasteiger partial charge in [-0.2, -0.15) is 0 Å². The highest BCUT2D eigenvalue weighted by Crippen LogP contribution is 2.32. The smallest absolute Gasteiger partial charge is 0.253 e. The summed E-state index contributed by atoms with van der Waals surface area (Å²) in [5.41, 5.74) is 2.99. The molecular weight excluding hydrogens is 414 g/mol. The maximum atomic E-state index is 13.0. The molecule has 2 aromatic carbocycles. The second-order valence-corrected chi connectivity index (χ2v) is 9.30. The normalized spacial score (nSPS) is 16.8. The summed E-state index contributed by atoms with van der Waals surface area (Å²) >= 11 is 0. The van der Waals surface area contributed by atoms with Gasteiger partial charge in [-0.15, -0.1) is 0 Å². The number of nitrogens with zero attached hydrogens (tertiary/aromatic N) is 3. The molecule has 4 rings (SSSR count). The highest BCUT2D eigenvalue weighted by molar-refractivity contribution is 5.97. The average molecular weight is 450 g/mol. The first-order valence-electron chi connectivity index (χ1n) is 12.1. The van der Waals surface area contributed by atoms with Gasteiger partial charge in [-0.1, -0.05) is 18.2 Å². The van der Waals surface area contributed by atoms with Crippen LogP contribution in [0.15, 0.2) is 48.5 Å². The Bertz CT molecular complexity index is 949. The zero-order valence-electron chi connectivity index (χ0n) is 19.8. The van der Waals surface area contributed by atoms with E-state index in [9.17, 15) is 9.59 Å². The molecule has 2 aliphatic heterocycles. The van der Waals surface area contributed by atoms with E-state index < -0.39 is 0 Å². The fraction of sp³-hybridized carbons (Fsp3) is 0.481. The van der Waals surface area contributed by atoms with E-state index in [1.54, 1.807) is 0 Å². The molecular formula is C27H35N3O3. The Morgan fingerprint density at radius 3 is 2.45 bits per heavy atom. The molecule has 0 aliphatic carbocycles. The predicted molar refractivity (Wildman–Crippen MR) is 131 cm³/mol. The molecule has 176 valence electrons. The van der Waals surface area contributed by atoms with Gasteiger partial charge in [0.2, 0.25) is 5.91 Å². The number of piperidine rings is 1. The average Bonchev–Trinajstić information content (AvgIpc) is 2.84. The molecule has 0 aromatic heterocycles. The van der Waals surface area contributed by atoms with Crippen molar-refractivity contribution < 1.29 is 14.3 Å². The number of amides is 2. The van der Waals surface area contributed by atoms with Crippen molar-refractivity contribution in [3.8, 4) is 5.75 Å². The Morgan fingerprint density at radius 1 is 1.00 bits per heavy atom.